The van der Waals surface area contributed by atoms with Crippen molar-refractivity contribution in [3.05, 3.63) is 79.5 Å². The Bertz CT molecular complexity index is 1240. The molecule has 0 unspecified atom stereocenters. The molecule has 0 N–H and O–H groups in total. The number of benzene rings is 2. The van der Waals surface area contributed by atoms with Gasteiger partial charge in [-0.1, -0.05) is 23.7 Å². The van der Waals surface area contributed by atoms with Crippen LogP contribution in [0.3, 0.4) is 0 Å². The zero-order valence-electron chi connectivity index (χ0n) is 15.2. The molecule has 3 aromatic rings. The first kappa shape index (κ1) is 18.2. The number of hydrogen-bond donors (Lipinski definition) is 0. The molecule has 7 nitrogen and oxygen atoms in total. The summed E-state index contributed by atoms with van der Waals surface area (Å²) < 4.78 is 2.35. The highest BCUT2D eigenvalue weighted by atomic mass is 35.5. The number of aromatic nitrogens is 2. The summed E-state index contributed by atoms with van der Waals surface area (Å²) in [5.74, 6) is -0.963. The average Bonchev–Trinajstić information content (AvgIpc) is 2.89. The Kier molecular flexibility index (Phi) is 4.19. The smallest absolute Gasteiger partial charge is 0.274 e. The summed E-state index contributed by atoms with van der Waals surface area (Å²) in [5, 5.41) is 0.624. The number of nitrogens with zero attached hydrogens (tertiary/aromatic N) is 3. The van der Waals surface area contributed by atoms with E-state index in [9.17, 15) is 19.2 Å². The monoisotopic (exact) mass is 397 g/mol. The molecule has 2 amide bonds. The normalized spacial score (nSPS) is 13.6. The third-order valence-corrected chi connectivity index (χ3v) is 5.05. The van der Waals surface area contributed by atoms with Gasteiger partial charge in [0.15, 0.2) is 0 Å². The minimum Gasteiger partial charge on any atom is -0.274 e. The molecule has 0 aliphatic carbocycles. The third-order valence-electron chi connectivity index (χ3n) is 4.81. The Morgan fingerprint density at radius 3 is 2.11 bits per heavy atom. The molecule has 0 fully saturated rings. The molecule has 0 saturated heterocycles. The van der Waals surface area contributed by atoms with Gasteiger partial charge in [-0.05, 0) is 44.2 Å². The largest absolute Gasteiger partial charge is 0.333 e. The number of halogens is 1. The van der Waals surface area contributed by atoms with Crippen LogP contribution in [0, 0.1) is 0 Å². The highest BCUT2D eigenvalue weighted by molar-refractivity contribution is 6.31. The maximum atomic E-state index is 13.1. The van der Waals surface area contributed by atoms with Crippen LogP contribution in [0.4, 0.5) is 0 Å². The van der Waals surface area contributed by atoms with Crippen LogP contribution in [0.5, 0.6) is 0 Å². The second-order valence-corrected chi connectivity index (χ2v) is 7.30. The van der Waals surface area contributed by atoms with E-state index in [2.05, 4.69) is 0 Å². The van der Waals surface area contributed by atoms with E-state index in [0.717, 1.165) is 9.47 Å². The van der Waals surface area contributed by atoms with E-state index in [1.165, 1.54) is 16.7 Å². The lowest BCUT2D eigenvalue weighted by atomic mass is 10.1. The molecule has 2 heterocycles. The molecule has 0 atom stereocenters. The Hall–Kier alpha value is -3.19. The van der Waals surface area contributed by atoms with Crippen molar-refractivity contribution in [3.8, 4) is 0 Å². The Labute approximate surface area is 164 Å². The van der Waals surface area contributed by atoms with Crippen LogP contribution in [-0.4, -0.2) is 25.8 Å². The SMILES string of the molecule is CC(C)n1c(=O)c2ccc(Cl)cc2n(CN2C(=O)c3ccccc3C2=O)c1=O. The molecule has 2 aromatic carbocycles. The van der Waals surface area contributed by atoms with Crippen LogP contribution in [0.15, 0.2) is 52.1 Å². The van der Waals surface area contributed by atoms with Gasteiger partial charge in [0.25, 0.3) is 17.4 Å². The highest BCUT2D eigenvalue weighted by Crippen LogP contribution is 2.24. The van der Waals surface area contributed by atoms with Gasteiger partial charge in [0.05, 0.1) is 22.0 Å². The fourth-order valence-corrected chi connectivity index (χ4v) is 3.63. The topological polar surface area (TPSA) is 81.4 Å². The van der Waals surface area contributed by atoms with E-state index in [0.29, 0.717) is 16.1 Å². The van der Waals surface area contributed by atoms with E-state index in [-0.39, 0.29) is 17.6 Å². The van der Waals surface area contributed by atoms with Gasteiger partial charge in [-0.25, -0.2) is 4.79 Å². The quantitative estimate of drug-likeness (QED) is 0.636. The number of hydrogen-bond acceptors (Lipinski definition) is 4. The van der Waals surface area contributed by atoms with Gasteiger partial charge < -0.3 is 0 Å². The first-order valence-electron chi connectivity index (χ1n) is 8.71. The van der Waals surface area contributed by atoms with Gasteiger partial charge in [-0.2, -0.15) is 0 Å². The molecule has 28 heavy (non-hydrogen) atoms. The van der Waals surface area contributed by atoms with Gasteiger partial charge in [0, 0.05) is 11.1 Å². The second kappa shape index (κ2) is 6.45. The average molecular weight is 398 g/mol. The van der Waals surface area contributed by atoms with E-state index >= 15 is 0 Å². The maximum absolute atomic E-state index is 13.1. The van der Waals surface area contributed by atoms with E-state index in [1.807, 2.05) is 0 Å². The highest BCUT2D eigenvalue weighted by Gasteiger charge is 2.36. The van der Waals surface area contributed by atoms with Gasteiger partial charge in [-0.15, -0.1) is 0 Å². The Morgan fingerprint density at radius 1 is 0.929 bits per heavy atom. The van der Waals surface area contributed by atoms with Crippen LogP contribution in [0.1, 0.15) is 40.6 Å². The Balaban J connectivity index is 1.94. The molecule has 142 valence electrons. The van der Waals surface area contributed by atoms with Gasteiger partial charge in [0.1, 0.15) is 6.67 Å². The minimum absolute atomic E-state index is 0.274. The van der Waals surface area contributed by atoms with Crippen molar-refractivity contribution in [2.75, 3.05) is 0 Å². The Morgan fingerprint density at radius 2 is 1.54 bits per heavy atom. The molecular weight excluding hydrogens is 382 g/mol. The summed E-state index contributed by atoms with van der Waals surface area (Å²) in [4.78, 5) is 52.2. The number of fused-ring (bicyclic) bond motifs is 2. The first-order chi connectivity index (χ1) is 13.3. The molecule has 0 bridgehead atoms. The van der Waals surface area contributed by atoms with Crippen molar-refractivity contribution in [1.29, 1.82) is 0 Å². The number of rotatable bonds is 3. The lowest BCUT2D eigenvalue weighted by Crippen LogP contribution is -2.44. The van der Waals surface area contributed by atoms with Gasteiger partial charge in [0.2, 0.25) is 0 Å². The van der Waals surface area contributed by atoms with Crippen LogP contribution < -0.4 is 11.2 Å². The van der Waals surface area contributed by atoms with E-state index in [1.54, 1.807) is 44.2 Å². The molecule has 8 heteroatoms. The number of carbonyl (C=O) groups is 2. The molecular formula is C20H16ClN3O4. The summed E-state index contributed by atoms with van der Waals surface area (Å²) in [6.07, 6.45) is 0. The van der Waals surface area contributed by atoms with Crippen LogP contribution >= 0.6 is 11.6 Å². The first-order valence-corrected chi connectivity index (χ1v) is 9.09. The van der Waals surface area contributed by atoms with E-state index in [4.69, 9.17) is 11.6 Å². The number of amides is 2. The minimum atomic E-state index is -0.605. The number of imide groups is 1. The molecule has 1 aliphatic rings. The number of carbonyl (C=O) groups excluding carboxylic acids is 2. The fourth-order valence-electron chi connectivity index (χ4n) is 3.46. The molecule has 0 radical (unpaired) electrons. The summed E-state index contributed by atoms with van der Waals surface area (Å²) >= 11 is 6.07. The standard InChI is InChI=1S/C20H16ClN3O4/c1-11(2)24-19(27)15-8-7-12(21)9-16(15)22(20(24)28)10-23-17(25)13-5-3-4-6-14(13)18(23)26/h3-9,11H,10H2,1-2H3. The lowest BCUT2D eigenvalue weighted by molar-refractivity contribution is 0.0605. The zero-order chi connectivity index (χ0) is 20.2. The predicted molar refractivity (Wildman–Crippen MR) is 105 cm³/mol. The summed E-state index contributed by atoms with van der Waals surface area (Å²) in [6, 6.07) is 10.7. The van der Waals surface area contributed by atoms with Crippen LogP contribution in [-0.2, 0) is 6.67 Å². The molecule has 0 saturated carbocycles. The molecule has 4 rings (SSSR count). The summed E-state index contributed by atoms with van der Waals surface area (Å²) in [6.45, 7) is 3.13. The van der Waals surface area contributed by atoms with Crippen LogP contribution in [0.2, 0.25) is 5.02 Å². The molecule has 1 aromatic heterocycles. The van der Waals surface area contributed by atoms with Crippen molar-refractivity contribution in [1.82, 2.24) is 14.0 Å². The molecule has 1 aliphatic heterocycles. The van der Waals surface area contributed by atoms with Crippen molar-refractivity contribution in [3.63, 3.8) is 0 Å². The lowest BCUT2D eigenvalue weighted by Gasteiger charge is -2.20. The van der Waals surface area contributed by atoms with Gasteiger partial charge >= 0.3 is 5.69 Å². The predicted octanol–water partition coefficient (Wildman–Crippen LogP) is 2.65. The molecule has 0 spiro atoms. The van der Waals surface area contributed by atoms with Crippen LogP contribution in [0.25, 0.3) is 10.9 Å². The summed E-state index contributed by atoms with van der Waals surface area (Å²) in [7, 11) is 0. The third kappa shape index (κ3) is 2.58. The van der Waals surface area contributed by atoms with Crippen molar-refractivity contribution >= 4 is 34.3 Å². The maximum Gasteiger partial charge on any atom is 0.333 e. The van der Waals surface area contributed by atoms with Crippen molar-refractivity contribution in [2.45, 2.75) is 26.6 Å². The fraction of sp³-hybridized carbons (Fsp3) is 0.200. The van der Waals surface area contributed by atoms with Crippen molar-refractivity contribution in [2.24, 2.45) is 0 Å². The van der Waals surface area contributed by atoms with E-state index < -0.39 is 29.1 Å². The summed E-state index contributed by atoms with van der Waals surface area (Å²) in [5.41, 5.74) is -0.187. The second-order valence-electron chi connectivity index (χ2n) is 6.87. The van der Waals surface area contributed by atoms with Gasteiger partial charge in [-0.3, -0.25) is 28.4 Å². The zero-order valence-corrected chi connectivity index (χ0v) is 15.9. The van der Waals surface area contributed by atoms with Crippen molar-refractivity contribution < 1.29 is 9.59 Å².